The highest BCUT2D eigenvalue weighted by Crippen LogP contribution is 2.45. The lowest BCUT2D eigenvalue weighted by molar-refractivity contribution is -0.132. The summed E-state index contributed by atoms with van der Waals surface area (Å²) in [4.78, 5) is 32.6. The average molecular weight is 525 g/mol. The van der Waals surface area contributed by atoms with Gasteiger partial charge in [-0.05, 0) is 42.8 Å². The van der Waals surface area contributed by atoms with E-state index in [4.69, 9.17) is 27.9 Å². The maximum atomic E-state index is 13.3. The fraction of sp³-hybridized carbons (Fsp3) is 0.115. The molecule has 1 saturated heterocycles. The number of benzene rings is 3. The van der Waals surface area contributed by atoms with Crippen LogP contribution in [0.4, 0.5) is 5.13 Å². The number of ether oxygens (including phenoxy) is 1. The summed E-state index contributed by atoms with van der Waals surface area (Å²) in [6.07, 6.45) is 0. The monoisotopic (exact) mass is 524 g/mol. The van der Waals surface area contributed by atoms with E-state index in [1.807, 2.05) is 13.0 Å². The third-order valence-corrected chi connectivity index (χ3v) is 7.37. The fourth-order valence-corrected chi connectivity index (χ4v) is 5.36. The third-order valence-electron chi connectivity index (χ3n) is 5.62. The van der Waals surface area contributed by atoms with Gasteiger partial charge in [-0.15, -0.1) is 0 Å². The zero-order chi connectivity index (χ0) is 24.7. The van der Waals surface area contributed by atoms with Crippen molar-refractivity contribution < 1.29 is 19.4 Å². The Morgan fingerprint density at radius 1 is 1.06 bits per heavy atom. The lowest BCUT2D eigenvalue weighted by Gasteiger charge is -2.23. The number of aromatic nitrogens is 1. The van der Waals surface area contributed by atoms with Crippen molar-refractivity contribution in [2.45, 2.75) is 13.0 Å². The van der Waals surface area contributed by atoms with Crippen LogP contribution in [0.15, 0.2) is 72.3 Å². The topological polar surface area (TPSA) is 79.7 Å². The van der Waals surface area contributed by atoms with Gasteiger partial charge >= 0.3 is 5.91 Å². The Bertz CT molecular complexity index is 1500. The van der Waals surface area contributed by atoms with Crippen LogP contribution in [-0.2, 0) is 9.59 Å². The second-order valence-electron chi connectivity index (χ2n) is 7.77. The fourth-order valence-electron chi connectivity index (χ4n) is 4.03. The van der Waals surface area contributed by atoms with Crippen molar-refractivity contribution in [3.63, 3.8) is 0 Å². The number of rotatable bonds is 5. The molecule has 3 aromatic carbocycles. The van der Waals surface area contributed by atoms with E-state index in [0.29, 0.717) is 39.2 Å². The summed E-state index contributed by atoms with van der Waals surface area (Å²) in [6, 6.07) is 18.0. The maximum absolute atomic E-state index is 13.3. The molecule has 1 fully saturated rings. The Balaban J connectivity index is 1.71. The Kier molecular flexibility index (Phi) is 6.23. The number of thiazole rings is 1. The summed E-state index contributed by atoms with van der Waals surface area (Å²) in [5.74, 6) is -1.19. The molecule has 1 amide bonds. The highest BCUT2D eigenvalue weighted by molar-refractivity contribution is 7.22. The summed E-state index contributed by atoms with van der Waals surface area (Å²) >= 11 is 13.7. The van der Waals surface area contributed by atoms with Gasteiger partial charge in [-0.2, -0.15) is 0 Å². The lowest BCUT2D eigenvalue weighted by atomic mass is 9.95. The summed E-state index contributed by atoms with van der Waals surface area (Å²) in [5.41, 5.74) is 1.55. The van der Waals surface area contributed by atoms with Gasteiger partial charge in [0.2, 0.25) is 0 Å². The summed E-state index contributed by atoms with van der Waals surface area (Å²) in [5, 5.41) is 12.1. The van der Waals surface area contributed by atoms with E-state index in [1.165, 1.54) is 16.2 Å². The molecule has 1 atom stereocenters. The van der Waals surface area contributed by atoms with Gasteiger partial charge in [0.1, 0.15) is 11.5 Å². The van der Waals surface area contributed by atoms with E-state index >= 15 is 0 Å². The van der Waals surface area contributed by atoms with Crippen molar-refractivity contribution in [1.29, 1.82) is 0 Å². The molecule has 4 aromatic rings. The number of halogens is 2. The summed E-state index contributed by atoms with van der Waals surface area (Å²) in [7, 11) is 0. The number of amides is 1. The van der Waals surface area contributed by atoms with E-state index in [9.17, 15) is 14.7 Å². The molecule has 6 nitrogen and oxygen atoms in total. The van der Waals surface area contributed by atoms with E-state index in [0.717, 1.165) is 4.70 Å². The molecule has 0 saturated carbocycles. The molecule has 0 radical (unpaired) electrons. The number of hydrogen-bond acceptors (Lipinski definition) is 6. The van der Waals surface area contributed by atoms with Gasteiger partial charge in [0.15, 0.2) is 5.13 Å². The number of nitrogens with zero attached hydrogens (tertiary/aromatic N) is 2. The van der Waals surface area contributed by atoms with Crippen LogP contribution in [0.5, 0.6) is 5.75 Å². The molecule has 0 bridgehead atoms. The number of Topliss-reactive ketones (excluding diaryl/α,β-unsaturated/α-hetero) is 1. The minimum Gasteiger partial charge on any atom is -0.507 e. The highest BCUT2D eigenvalue weighted by Gasteiger charge is 2.48. The SMILES string of the molecule is CCOc1ccc2nc(N3C(=O)C(=O)C(=C(O)c4ccccc4)C3c3ccc(Cl)c(Cl)c3)sc2c1. The van der Waals surface area contributed by atoms with Gasteiger partial charge in [-0.25, -0.2) is 4.98 Å². The molecule has 35 heavy (non-hydrogen) atoms. The number of hydrogen-bond donors (Lipinski definition) is 1. The molecule has 2 heterocycles. The number of carbonyl (C=O) groups excluding carboxylic acids is 2. The molecule has 0 aliphatic carbocycles. The summed E-state index contributed by atoms with van der Waals surface area (Å²) in [6.45, 7) is 2.41. The van der Waals surface area contributed by atoms with Crippen LogP contribution in [0, 0.1) is 0 Å². The molecule has 1 N–H and O–H groups in total. The van der Waals surface area contributed by atoms with Crippen LogP contribution in [-0.4, -0.2) is 28.4 Å². The predicted molar refractivity (Wildman–Crippen MR) is 138 cm³/mol. The number of aliphatic hydroxyl groups is 1. The first-order valence-corrected chi connectivity index (χ1v) is 12.3. The third kappa shape index (κ3) is 4.16. The second kappa shape index (κ2) is 9.34. The van der Waals surface area contributed by atoms with Crippen LogP contribution in [0.1, 0.15) is 24.1 Å². The quantitative estimate of drug-likeness (QED) is 0.180. The minimum absolute atomic E-state index is 0.0474. The average Bonchev–Trinajstić information content (AvgIpc) is 3.39. The highest BCUT2D eigenvalue weighted by atomic mass is 35.5. The normalized spacial score (nSPS) is 17.3. The van der Waals surface area contributed by atoms with Crippen molar-refractivity contribution in [1.82, 2.24) is 4.98 Å². The van der Waals surface area contributed by atoms with E-state index in [2.05, 4.69) is 4.98 Å². The Labute approximate surface area is 215 Å². The number of fused-ring (bicyclic) bond motifs is 1. The zero-order valence-corrected chi connectivity index (χ0v) is 20.7. The molecular formula is C26H18Cl2N2O4S. The second-order valence-corrected chi connectivity index (χ2v) is 9.59. The standard InChI is InChI=1S/C26H18Cl2N2O4S/c1-2-34-16-9-11-19-20(13-16)35-26(29-19)30-22(15-8-10-17(27)18(28)12-15)21(24(32)25(30)33)23(31)14-6-4-3-5-7-14/h3-13,22,31H,2H2,1H3. The number of carbonyl (C=O) groups is 2. The van der Waals surface area contributed by atoms with Crippen LogP contribution < -0.4 is 9.64 Å². The molecule has 176 valence electrons. The van der Waals surface area contributed by atoms with Gasteiger partial charge in [-0.3, -0.25) is 14.5 Å². The van der Waals surface area contributed by atoms with E-state index < -0.39 is 17.7 Å². The Hall–Kier alpha value is -3.39. The first-order valence-electron chi connectivity index (χ1n) is 10.7. The number of ketones is 1. The lowest BCUT2D eigenvalue weighted by Crippen LogP contribution is -2.29. The first-order chi connectivity index (χ1) is 16.9. The van der Waals surface area contributed by atoms with Gasteiger partial charge in [0.05, 0.1) is 38.5 Å². The van der Waals surface area contributed by atoms with E-state index in [1.54, 1.807) is 60.7 Å². The van der Waals surface area contributed by atoms with Gasteiger partial charge in [0.25, 0.3) is 5.78 Å². The molecular weight excluding hydrogens is 507 g/mol. The van der Waals surface area contributed by atoms with E-state index in [-0.39, 0.29) is 16.4 Å². The molecule has 1 aromatic heterocycles. The molecule has 1 aliphatic rings. The predicted octanol–water partition coefficient (Wildman–Crippen LogP) is 6.63. The van der Waals surface area contributed by atoms with Crippen molar-refractivity contribution in [3.8, 4) is 5.75 Å². The Morgan fingerprint density at radius 3 is 2.54 bits per heavy atom. The molecule has 5 rings (SSSR count). The minimum atomic E-state index is -0.947. The van der Waals surface area contributed by atoms with Crippen molar-refractivity contribution in [2.24, 2.45) is 0 Å². The van der Waals surface area contributed by atoms with Crippen LogP contribution >= 0.6 is 34.5 Å². The van der Waals surface area contributed by atoms with Gasteiger partial charge < -0.3 is 9.84 Å². The van der Waals surface area contributed by atoms with Crippen LogP contribution in [0.2, 0.25) is 10.0 Å². The van der Waals surface area contributed by atoms with Crippen molar-refractivity contribution in [2.75, 3.05) is 11.5 Å². The first kappa shape index (κ1) is 23.4. The molecule has 1 aliphatic heterocycles. The van der Waals surface area contributed by atoms with Crippen molar-refractivity contribution >= 4 is 67.3 Å². The zero-order valence-electron chi connectivity index (χ0n) is 18.4. The smallest absolute Gasteiger partial charge is 0.301 e. The van der Waals surface area contributed by atoms with Crippen LogP contribution in [0.3, 0.4) is 0 Å². The Morgan fingerprint density at radius 2 is 1.83 bits per heavy atom. The molecule has 9 heteroatoms. The molecule has 0 spiro atoms. The van der Waals surface area contributed by atoms with Crippen LogP contribution in [0.25, 0.3) is 16.0 Å². The molecule has 1 unspecified atom stereocenters. The van der Waals surface area contributed by atoms with Gasteiger partial charge in [-0.1, -0.05) is 70.9 Å². The van der Waals surface area contributed by atoms with Gasteiger partial charge in [0, 0.05) is 5.56 Å². The maximum Gasteiger partial charge on any atom is 0.301 e. The number of aliphatic hydroxyl groups excluding tert-OH is 1. The summed E-state index contributed by atoms with van der Waals surface area (Å²) < 4.78 is 6.37. The number of anilines is 1. The van der Waals surface area contributed by atoms with Crippen molar-refractivity contribution in [3.05, 3.63) is 93.5 Å². The largest absolute Gasteiger partial charge is 0.507 e.